The summed E-state index contributed by atoms with van der Waals surface area (Å²) in [5.41, 5.74) is 2.06. The van der Waals surface area contributed by atoms with Gasteiger partial charge < -0.3 is 14.8 Å². The lowest BCUT2D eigenvalue weighted by atomic mass is 10.2. The molecule has 5 heteroatoms. The van der Waals surface area contributed by atoms with Gasteiger partial charge in [-0.15, -0.1) is 0 Å². The van der Waals surface area contributed by atoms with E-state index in [0.29, 0.717) is 12.6 Å². The van der Waals surface area contributed by atoms with E-state index in [-0.39, 0.29) is 12.7 Å². The number of imidazole rings is 1. The Labute approximate surface area is 112 Å². The van der Waals surface area contributed by atoms with Gasteiger partial charge in [0.2, 0.25) is 0 Å². The first-order valence-corrected chi connectivity index (χ1v) is 6.66. The molecule has 102 valence electrons. The maximum atomic E-state index is 9.20. The van der Waals surface area contributed by atoms with Gasteiger partial charge in [0.25, 0.3) is 0 Å². The Balaban J connectivity index is 1.75. The number of aliphatic hydroxyl groups excluding tert-OH is 1. The number of para-hydroxylation sites is 2. The average Bonchev–Trinajstić information content (AvgIpc) is 2.83. The fraction of sp³-hybridized carbons (Fsp3) is 0.500. The van der Waals surface area contributed by atoms with Crippen molar-refractivity contribution in [2.75, 3.05) is 19.8 Å². The van der Waals surface area contributed by atoms with Gasteiger partial charge in [-0.25, -0.2) is 4.98 Å². The largest absolute Gasteiger partial charge is 0.394 e. The molecule has 0 amide bonds. The molecule has 2 atom stereocenters. The van der Waals surface area contributed by atoms with Gasteiger partial charge in [-0.05, 0) is 19.1 Å². The van der Waals surface area contributed by atoms with Crippen LogP contribution < -0.4 is 0 Å². The average molecular weight is 261 g/mol. The number of H-pyrrole nitrogens is 1. The summed E-state index contributed by atoms with van der Waals surface area (Å²) in [5.74, 6) is 0.964. The molecule has 1 saturated heterocycles. The van der Waals surface area contributed by atoms with Crippen LogP contribution in [0.4, 0.5) is 0 Å². The lowest BCUT2D eigenvalue weighted by Crippen LogP contribution is -2.49. The molecule has 0 bridgehead atoms. The fourth-order valence-electron chi connectivity index (χ4n) is 2.48. The highest BCUT2D eigenvalue weighted by Gasteiger charge is 2.26. The standard InChI is InChI=1S/C14H19N3O2/c1-10-9-19-11(8-18)6-17(10)7-14-15-12-4-2-3-5-13(12)16-14/h2-5,10-11,18H,6-9H2,1H3,(H,15,16). The van der Waals surface area contributed by atoms with E-state index in [1.54, 1.807) is 0 Å². The van der Waals surface area contributed by atoms with Crippen LogP contribution in [0.25, 0.3) is 11.0 Å². The minimum atomic E-state index is -0.0828. The van der Waals surface area contributed by atoms with Gasteiger partial charge in [0.05, 0.1) is 36.9 Å². The number of benzene rings is 1. The summed E-state index contributed by atoms with van der Waals surface area (Å²) in [4.78, 5) is 10.2. The van der Waals surface area contributed by atoms with Crippen LogP contribution in [0.2, 0.25) is 0 Å². The summed E-state index contributed by atoms with van der Waals surface area (Å²) >= 11 is 0. The number of morpholine rings is 1. The summed E-state index contributed by atoms with van der Waals surface area (Å²) in [6, 6.07) is 8.38. The van der Waals surface area contributed by atoms with Crippen LogP contribution in [-0.2, 0) is 11.3 Å². The van der Waals surface area contributed by atoms with Gasteiger partial charge >= 0.3 is 0 Å². The third-order valence-electron chi connectivity index (χ3n) is 3.63. The molecule has 2 N–H and O–H groups in total. The highest BCUT2D eigenvalue weighted by atomic mass is 16.5. The molecule has 2 aromatic rings. The van der Waals surface area contributed by atoms with Crippen LogP contribution in [0.15, 0.2) is 24.3 Å². The van der Waals surface area contributed by atoms with E-state index in [1.807, 2.05) is 24.3 Å². The van der Waals surface area contributed by atoms with E-state index in [0.717, 1.165) is 29.9 Å². The second kappa shape index (κ2) is 5.28. The van der Waals surface area contributed by atoms with Gasteiger partial charge in [-0.3, -0.25) is 4.90 Å². The molecule has 1 aromatic heterocycles. The minimum absolute atomic E-state index is 0.0728. The molecule has 2 unspecified atom stereocenters. The predicted molar refractivity (Wildman–Crippen MR) is 72.8 cm³/mol. The Morgan fingerprint density at radius 3 is 3.11 bits per heavy atom. The van der Waals surface area contributed by atoms with Crippen molar-refractivity contribution in [3.8, 4) is 0 Å². The van der Waals surface area contributed by atoms with Crippen molar-refractivity contribution < 1.29 is 9.84 Å². The second-order valence-corrected chi connectivity index (χ2v) is 5.12. The van der Waals surface area contributed by atoms with Crippen LogP contribution in [0, 0.1) is 0 Å². The number of hydrogen-bond donors (Lipinski definition) is 2. The van der Waals surface area contributed by atoms with Crippen LogP contribution in [0.1, 0.15) is 12.7 Å². The SMILES string of the molecule is CC1COC(CO)CN1Cc1nc2ccccc2[nH]1. The van der Waals surface area contributed by atoms with Crippen molar-refractivity contribution >= 4 is 11.0 Å². The van der Waals surface area contributed by atoms with Gasteiger partial charge in [0, 0.05) is 12.6 Å². The fourth-order valence-corrected chi connectivity index (χ4v) is 2.48. The molecule has 0 spiro atoms. The second-order valence-electron chi connectivity index (χ2n) is 5.12. The Morgan fingerprint density at radius 2 is 2.32 bits per heavy atom. The maximum absolute atomic E-state index is 9.20. The molecular weight excluding hydrogens is 242 g/mol. The molecule has 3 rings (SSSR count). The molecule has 1 aliphatic heterocycles. The van der Waals surface area contributed by atoms with Gasteiger partial charge in [0.1, 0.15) is 5.82 Å². The van der Waals surface area contributed by atoms with Crippen LogP contribution in [0.5, 0.6) is 0 Å². The van der Waals surface area contributed by atoms with E-state index in [1.165, 1.54) is 0 Å². The third-order valence-corrected chi connectivity index (χ3v) is 3.63. The molecular formula is C14H19N3O2. The van der Waals surface area contributed by atoms with Crippen LogP contribution in [0.3, 0.4) is 0 Å². The molecule has 1 aliphatic rings. The van der Waals surface area contributed by atoms with Crippen molar-refractivity contribution in [1.29, 1.82) is 0 Å². The molecule has 5 nitrogen and oxygen atoms in total. The Kier molecular flexibility index (Phi) is 3.50. The van der Waals surface area contributed by atoms with Crippen molar-refractivity contribution in [3.05, 3.63) is 30.1 Å². The summed E-state index contributed by atoms with van der Waals surface area (Å²) in [6.07, 6.45) is -0.0828. The molecule has 2 heterocycles. The van der Waals surface area contributed by atoms with E-state index >= 15 is 0 Å². The maximum Gasteiger partial charge on any atom is 0.121 e. The summed E-state index contributed by atoms with van der Waals surface area (Å²) in [6.45, 7) is 4.37. The number of nitrogens with one attached hydrogen (secondary N) is 1. The molecule has 19 heavy (non-hydrogen) atoms. The number of aromatic nitrogens is 2. The van der Waals surface area contributed by atoms with E-state index in [2.05, 4.69) is 21.8 Å². The lowest BCUT2D eigenvalue weighted by Gasteiger charge is -2.36. The van der Waals surface area contributed by atoms with Crippen molar-refractivity contribution in [2.24, 2.45) is 0 Å². The minimum Gasteiger partial charge on any atom is -0.394 e. The van der Waals surface area contributed by atoms with E-state index in [9.17, 15) is 5.11 Å². The number of aromatic amines is 1. The Hall–Kier alpha value is -1.43. The summed E-state index contributed by atoms with van der Waals surface area (Å²) in [7, 11) is 0. The van der Waals surface area contributed by atoms with Gasteiger partial charge in [-0.1, -0.05) is 12.1 Å². The molecule has 1 fully saturated rings. The Bertz CT molecular complexity index is 521. The number of hydrogen-bond acceptors (Lipinski definition) is 4. The van der Waals surface area contributed by atoms with E-state index < -0.39 is 0 Å². The smallest absolute Gasteiger partial charge is 0.121 e. The predicted octanol–water partition coefficient (Wildman–Crippen LogP) is 1.14. The van der Waals surface area contributed by atoms with Crippen LogP contribution in [-0.4, -0.2) is 51.9 Å². The molecule has 0 aliphatic carbocycles. The zero-order valence-corrected chi connectivity index (χ0v) is 11.0. The lowest BCUT2D eigenvalue weighted by molar-refractivity contribution is -0.0811. The van der Waals surface area contributed by atoms with Gasteiger partial charge in [-0.2, -0.15) is 0 Å². The third kappa shape index (κ3) is 2.63. The number of nitrogens with zero attached hydrogens (tertiary/aromatic N) is 2. The zero-order chi connectivity index (χ0) is 13.2. The monoisotopic (exact) mass is 261 g/mol. The number of aliphatic hydroxyl groups is 1. The first-order chi connectivity index (χ1) is 9.26. The topological polar surface area (TPSA) is 61.4 Å². The van der Waals surface area contributed by atoms with Crippen molar-refractivity contribution in [2.45, 2.75) is 25.6 Å². The highest BCUT2D eigenvalue weighted by Crippen LogP contribution is 2.16. The number of fused-ring (bicyclic) bond motifs is 1. The Morgan fingerprint density at radius 1 is 1.47 bits per heavy atom. The molecule has 0 radical (unpaired) electrons. The summed E-state index contributed by atoms with van der Waals surface area (Å²) < 4.78 is 5.54. The first kappa shape index (κ1) is 12.6. The van der Waals surface area contributed by atoms with Crippen molar-refractivity contribution in [3.63, 3.8) is 0 Å². The first-order valence-electron chi connectivity index (χ1n) is 6.66. The van der Waals surface area contributed by atoms with Crippen molar-refractivity contribution in [1.82, 2.24) is 14.9 Å². The van der Waals surface area contributed by atoms with E-state index in [4.69, 9.17) is 4.74 Å². The highest BCUT2D eigenvalue weighted by molar-refractivity contribution is 5.74. The summed E-state index contributed by atoms with van der Waals surface area (Å²) in [5, 5.41) is 9.20. The molecule has 1 aromatic carbocycles. The van der Waals surface area contributed by atoms with Gasteiger partial charge in [0.15, 0.2) is 0 Å². The quantitative estimate of drug-likeness (QED) is 0.870. The zero-order valence-electron chi connectivity index (χ0n) is 11.0. The number of ether oxygens (including phenoxy) is 1. The normalized spacial score (nSPS) is 24.9. The molecule has 0 saturated carbocycles. The van der Waals surface area contributed by atoms with Crippen LogP contribution >= 0.6 is 0 Å². The number of rotatable bonds is 3.